The fourth-order valence-electron chi connectivity index (χ4n) is 1.38. The molecule has 0 aliphatic carbocycles. The van der Waals surface area contributed by atoms with Gasteiger partial charge in [0, 0.05) is 28.3 Å². The Labute approximate surface area is 110 Å². The fourth-order valence-corrected chi connectivity index (χ4v) is 2.79. The van der Waals surface area contributed by atoms with Crippen LogP contribution >= 0.6 is 27.7 Å². The maximum Gasteiger partial charge on any atom is 0.0556 e. The van der Waals surface area contributed by atoms with E-state index in [1.54, 1.807) is 7.11 Å². The van der Waals surface area contributed by atoms with Gasteiger partial charge >= 0.3 is 0 Å². The predicted molar refractivity (Wildman–Crippen MR) is 74.2 cm³/mol. The van der Waals surface area contributed by atoms with Crippen LogP contribution in [0.25, 0.3) is 0 Å². The van der Waals surface area contributed by atoms with Gasteiger partial charge in [-0.2, -0.15) is 0 Å². The minimum Gasteiger partial charge on any atom is -0.384 e. The van der Waals surface area contributed by atoms with Crippen molar-refractivity contribution in [2.45, 2.75) is 17.9 Å². The number of hydrogen-bond acceptors (Lipinski definition) is 3. The third kappa shape index (κ3) is 4.09. The SMILES string of the molecule is CNC(C)c1cc(Br)ccc1SCCOC. The van der Waals surface area contributed by atoms with Crippen molar-refractivity contribution in [3.8, 4) is 0 Å². The highest BCUT2D eigenvalue weighted by atomic mass is 79.9. The lowest BCUT2D eigenvalue weighted by molar-refractivity contribution is 0.218. The fraction of sp³-hybridized carbons (Fsp3) is 0.500. The quantitative estimate of drug-likeness (QED) is 0.642. The monoisotopic (exact) mass is 303 g/mol. The zero-order chi connectivity index (χ0) is 12.0. The average molecular weight is 304 g/mol. The zero-order valence-electron chi connectivity index (χ0n) is 9.92. The van der Waals surface area contributed by atoms with Gasteiger partial charge in [0.15, 0.2) is 0 Å². The molecular weight excluding hydrogens is 286 g/mol. The van der Waals surface area contributed by atoms with E-state index in [0.717, 1.165) is 16.8 Å². The molecule has 90 valence electrons. The van der Waals surface area contributed by atoms with E-state index in [1.807, 2.05) is 18.8 Å². The van der Waals surface area contributed by atoms with Gasteiger partial charge in [-0.15, -0.1) is 11.8 Å². The molecule has 0 aliphatic rings. The normalized spacial score (nSPS) is 12.8. The summed E-state index contributed by atoms with van der Waals surface area (Å²) in [6.45, 7) is 2.95. The summed E-state index contributed by atoms with van der Waals surface area (Å²) in [6.07, 6.45) is 0. The minimum absolute atomic E-state index is 0.363. The van der Waals surface area contributed by atoms with Gasteiger partial charge in [0.25, 0.3) is 0 Å². The van der Waals surface area contributed by atoms with Gasteiger partial charge in [0.1, 0.15) is 0 Å². The number of thioether (sulfide) groups is 1. The molecule has 1 atom stereocenters. The number of rotatable bonds is 6. The van der Waals surface area contributed by atoms with E-state index in [-0.39, 0.29) is 0 Å². The van der Waals surface area contributed by atoms with Crippen molar-refractivity contribution in [3.05, 3.63) is 28.2 Å². The number of benzene rings is 1. The Balaban J connectivity index is 2.80. The van der Waals surface area contributed by atoms with Crippen LogP contribution in [0.2, 0.25) is 0 Å². The van der Waals surface area contributed by atoms with Crippen LogP contribution in [0, 0.1) is 0 Å². The third-order valence-electron chi connectivity index (χ3n) is 2.42. The number of nitrogens with one attached hydrogen (secondary N) is 1. The van der Waals surface area contributed by atoms with Crippen molar-refractivity contribution >= 4 is 27.7 Å². The molecule has 4 heteroatoms. The Morgan fingerprint density at radius 3 is 2.88 bits per heavy atom. The van der Waals surface area contributed by atoms with Crippen LogP contribution in [0.15, 0.2) is 27.6 Å². The molecule has 0 aliphatic heterocycles. The summed E-state index contributed by atoms with van der Waals surface area (Å²) in [5.41, 5.74) is 1.33. The third-order valence-corrected chi connectivity index (χ3v) is 3.96. The maximum absolute atomic E-state index is 5.07. The van der Waals surface area contributed by atoms with Gasteiger partial charge in [-0.05, 0) is 37.7 Å². The second-order valence-electron chi connectivity index (χ2n) is 3.53. The van der Waals surface area contributed by atoms with Gasteiger partial charge < -0.3 is 10.1 Å². The van der Waals surface area contributed by atoms with Gasteiger partial charge in [-0.3, -0.25) is 0 Å². The lowest BCUT2D eigenvalue weighted by Crippen LogP contribution is -2.13. The van der Waals surface area contributed by atoms with E-state index in [4.69, 9.17) is 4.74 Å². The van der Waals surface area contributed by atoms with E-state index >= 15 is 0 Å². The second-order valence-corrected chi connectivity index (χ2v) is 5.59. The molecular formula is C12H18BrNOS. The first-order valence-corrected chi connectivity index (χ1v) is 7.05. The molecule has 1 N–H and O–H groups in total. The highest BCUT2D eigenvalue weighted by Gasteiger charge is 2.09. The molecule has 0 saturated carbocycles. The van der Waals surface area contributed by atoms with Crippen LogP contribution in [0.3, 0.4) is 0 Å². The standard InChI is InChI=1S/C12H18BrNOS/c1-9(14-2)11-8-10(13)4-5-12(11)16-7-6-15-3/h4-5,8-9,14H,6-7H2,1-3H3. The van der Waals surface area contributed by atoms with Gasteiger partial charge in [-0.25, -0.2) is 0 Å². The summed E-state index contributed by atoms with van der Waals surface area (Å²) >= 11 is 5.35. The van der Waals surface area contributed by atoms with Crippen LogP contribution < -0.4 is 5.32 Å². The Bertz CT molecular complexity index is 333. The molecule has 1 aromatic rings. The molecule has 1 rings (SSSR count). The van der Waals surface area contributed by atoms with E-state index < -0.39 is 0 Å². The summed E-state index contributed by atoms with van der Waals surface area (Å²) in [6, 6.07) is 6.78. The lowest BCUT2D eigenvalue weighted by atomic mass is 10.1. The smallest absolute Gasteiger partial charge is 0.0556 e. The van der Waals surface area contributed by atoms with E-state index in [0.29, 0.717) is 6.04 Å². The molecule has 0 spiro atoms. The van der Waals surface area contributed by atoms with Crippen molar-refractivity contribution in [3.63, 3.8) is 0 Å². The average Bonchev–Trinajstić information content (AvgIpc) is 2.30. The molecule has 16 heavy (non-hydrogen) atoms. The van der Waals surface area contributed by atoms with Crippen LogP contribution in [-0.4, -0.2) is 26.5 Å². The molecule has 0 saturated heterocycles. The topological polar surface area (TPSA) is 21.3 Å². The molecule has 0 aromatic heterocycles. The van der Waals surface area contributed by atoms with Crippen molar-refractivity contribution in [2.75, 3.05) is 26.5 Å². The number of methoxy groups -OCH3 is 1. The van der Waals surface area contributed by atoms with E-state index in [9.17, 15) is 0 Å². The minimum atomic E-state index is 0.363. The van der Waals surface area contributed by atoms with Crippen LogP contribution in [0.4, 0.5) is 0 Å². The summed E-state index contributed by atoms with van der Waals surface area (Å²) in [5, 5.41) is 3.27. The first-order valence-electron chi connectivity index (χ1n) is 5.27. The van der Waals surface area contributed by atoms with Crippen molar-refractivity contribution in [1.29, 1.82) is 0 Å². The van der Waals surface area contributed by atoms with Gasteiger partial charge in [0.2, 0.25) is 0 Å². The number of halogens is 1. The largest absolute Gasteiger partial charge is 0.384 e. The number of ether oxygens (including phenoxy) is 1. The Hall–Kier alpha value is -0.0300. The Morgan fingerprint density at radius 1 is 1.50 bits per heavy atom. The van der Waals surface area contributed by atoms with E-state index in [2.05, 4.69) is 46.4 Å². The molecule has 0 radical (unpaired) electrons. The summed E-state index contributed by atoms with van der Waals surface area (Å²) < 4.78 is 6.19. The molecule has 0 heterocycles. The molecule has 0 bridgehead atoms. The summed E-state index contributed by atoms with van der Waals surface area (Å²) in [4.78, 5) is 1.32. The highest BCUT2D eigenvalue weighted by Crippen LogP contribution is 2.30. The number of hydrogen-bond donors (Lipinski definition) is 1. The molecule has 0 fully saturated rings. The van der Waals surface area contributed by atoms with Gasteiger partial charge in [-0.1, -0.05) is 15.9 Å². The van der Waals surface area contributed by atoms with Crippen molar-refractivity contribution in [1.82, 2.24) is 5.32 Å². The molecule has 2 nitrogen and oxygen atoms in total. The second kappa shape index (κ2) is 7.33. The molecule has 0 amide bonds. The van der Waals surface area contributed by atoms with Crippen LogP contribution in [-0.2, 0) is 4.74 Å². The summed E-state index contributed by atoms with van der Waals surface area (Å²) in [7, 11) is 3.72. The first kappa shape index (κ1) is 14.0. The molecule has 1 aromatic carbocycles. The highest BCUT2D eigenvalue weighted by molar-refractivity contribution is 9.10. The first-order chi connectivity index (χ1) is 7.69. The summed E-state index contributed by atoms with van der Waals surface area (Å²) in [5.74, 6) is 0.988. The van der Waals surface area contributed by atoms with Gasteiger partial charge in [0.05, 0.1) is 6.61 Å². The Morgan fingerprint density at radius 2 is 2.25 bits per heavy atom. The molecule has 1 unspecified atom stereocenters. The Kier molecular flexibility index (Phi) is 6.43. The van der Waals surface area contributed by atoms with Crippen molar-refractivity contribution in [2.24, 2.45) is 0 Å². The van der Waals surface area contributed by atoms with Crippen molar-refractivity contribution < 1.29 is 4.74 Å². The predicted octanol–water partition coefficient (Wildman–Crippen LogP) is 3.47. The zero-order valence-corrected chi connectivity index (χ0v) is 12.3. The van der Waals surface area contributed by atoms with Crippen LogP contribution in [0.1, 0.15) is 18.5 Å². The maximum atomic E-state index is 5.07. The van der Waals surface area contributed by atoms with E-state index in [1.165, 1.54) is 10.5 Å². The van der Waals surface area contributed by atoms with Crippen LogP contribution in [0.5, 0.6) is 0 Å². The lowest BCUT2D eigenvalue weighted by Gasteiger charge is -2.16.